The highest BCUT2D eigenvalue weighted by atomic mass is 16.1. The zero-order chi connectivity index (χ0) is 15.0. The molecule has 2 atom stereocenters. The van der Waals surface area contributed by atoms with Gasteiger partial charge in [0.05, 0.1) is 16.9 Å². The molecule has 2 fully saturated rings. The van der Waals surface area contributed by atoms with Gasteiger partial charge >= 0.3 is 0 Å². The fourth-order valence-electron chi connectivity index (χ4n) is 3.86. The normalized spacial score (nSPS) is 29.1. The maximum absolute atomic E-state index is 11.4. The van der Waals surface area contributed by atoms with E-state index in [4.69, 9.17) is 11.5 Å². The molecule has 1 aromatic carbocycles. The number of hydrogen-bond acceptors (Lipinski definition) is 4. The number of carbonyl (C=O) groups is 1. The summed E-state index contributed by atoms with van der Waals surface area (Å²) in [5, 5.41) is 3.53. The van der Waals surface area contributed by atoms with E-state index in [1.807, 2.05) is 12.1 Å². The van der Waals surface area contributed by atoms with Gasteiger partial charge in [0.25, 0.3) is 5.91 Å². The molecule has 2 aliphatic heterocycles. The highest BCUT2D eigenvalue weighted by Crippen LogP contribution is 2.35. The lowest BCUT2D eigenvalue weighted by Crippen LogP contribution is -2.52. The summed E-state index contributed by atoms with van der Waals surface area (Å²) in [5.41, 5.74) is 13.1. The van der Waals surface area contributed by atoms with Gasteiger partial charge < -0.3 is 21.7 Å². The number of carbonyl (C=O) groups excluding carboxylic acids is 1. The summed E-state index contributed by atoms with van der Waals surface area (Å²) in [4.78, 5) is 13.9. The number of hydrogen-bond donors (Lipinski definition) is 3. The molecule has 0 saturated carbocycles. The quantitative estimate of drug-likeness (QED) is 0.740. The van der Waals surface area contributed by atoms with Crippen LogP contribution in [0.4, 0.5) is 11.4 Å². The van der Waals surface area contributed by atoms with Gasteiger partial charge in [0, 0.05) is 18.1 Å². The van der Waals surface area contributed by atoms with Crippen LogP contribution in [0.3, 0.4) is 0 Å². The second-order valence-electron chi connectivity index (χ2n) is 6.35. The average Bonchev–Trinajstić information content (AvgIpc) is 2.42. The smallest absolute Gasteiger partial charge is 0.250 e. The van der Waals surface area contributed by atoms with E-state index < -0.39 is 5.91 Å². The van der Waals surface area contributed by atoms with Crippen molar-refractivity contribution in [1.29, 1.82) is 0 Å². The molecule has 3 rings (SSSR count). The number of nitrogens with zero attached hydrogens (tertiary/aromatic N) is 1. The maximum atomic E-state index is 11.4. The van der Waals surface area contributed by atoms with E-state index in [9.17, 15) is 4.79 Å². The third-order valence-corrected chi connectivity index (χ3v) is 5.07. The van der Waals surface area contributed by atoms with Gasteiger partial charge in [-0.2, -0.15) is 0 Å². The SMILES string of the molecule is CN1C2CCCC1CC(Nc1cccc(C(N)=O)c1N)C2. The number of anilines is 2. The van der Waals surface area contributed by atoms with E-state index in [1.165, 1.54) is 19.3 Å². The summed E-state index contributed by atoms with van der Waals surface area (Å²) in [6, 6.07) is 7.17. The Labute approximate surface area is 125 Å². The summed E-state index contributed by atoms with van der Waals surface area (Å²) in [6.07, 6.45) is 6.16. The van der Waals surface area contributed by atoms with E-state index in [0.29, 0.717) is 29.4 Å². The van der Waals surface area contributed by atoms with Gasteiger partial charge in [-0.3, -0.25) is 4.79 Å². The first-order valence-electron chi connectivity index (χ1n) is 7.73. The van der Waals surface area contributed by atoms with Crippen molar-refractivity contribution in [3.05, 3.63) is 23.8 Å². The molecular formula is C16H24N4O. The van der Waals surface area contributed by atoms with Crippen LogP contribution in [-0.4, -0.2) is 36.0 Å². The van der Waals surface area contributed by atoms with E-state index in [2.05, 4.69) is 17.3 Å². The van der Waals surface area contributed by atoms with Gasteiger partial charge in [-0.1, -0.05) is 12.5 Å². The molecule has 5 heteroatoms. The number of nitrogens with one attached hydrogen (secondary N) is 1. The molecule has 0 aromatic heterocycles. The average molecular weight is 288 g/mol. The van der Waals surface area contributed by atoms with E-state index in [0.717, 1.165) is 18.5 Å². The van der Waals surface area contributed by atoms with Crippen molar-refractivity contribution in [2.24, 2.45) is 5.73 Å². The molecule has 1 amide bonds. The Morgan fingerprint density at radius 3 is 2.57 bits per heavy atom. The molecule has 0 spiro atoms. The summed E-state index contributed by atoms with van der Waals surface area (Å²) in [5.74, 6) is -0.476. The summed E-state index contributed by atoms with van der Waals surface area (Å²) in [6.45, 7) is 0. The molecule has 114 valence electrons. The number of para-hydroxylation sites is 1. The summed E-state index contributed by atoms with van der Waals surface area (Å²) < 4.78 is 0. The van der Waals surface area contributed by atoms with Crippen LogP contribution in [0.15, 0.2) is 18.2 Å². The largest absolute Gasteiger partial charge is 0.396 e. The number of nitrogen functional groups attached to an aromatic ring is 1. The number of primary amides is 1. The Morgan fingerprint density at radius 1 is 1.29 bits per heavy atom. The second kappa shape index (κ2) is 5.56. The lowest BCUT2D eigenvalue weighted by atomic mass is 9.82. The van der Waals surface area contributed by atoms with Gasteiger partial charge in [0.15, 0.2) is 0 Å². The first kappa shape index (κ1) is 14.2. The third-order valence-electron chi connectivity index (χ3n) is 5.07. The van der Waals surface area contributed by atoms with Crippen molar-refractivity contribution in [2.45, 2.75) is 50.2 Å². The van der Waals surface area contributed by atoms with Crippen LogP contribution in [-0.2, 0) is 0 Å². The van der Waals surface area contributed by atoms with Crippen LogP contribution in [0.5, 0.6) is 0 Å². The zero-order valence-electron chi connectivity index (χ0n) is 12.5. The van der Waals surface area contributed by atoms with Crippen LogP contribution >= 0.6 is 0 Å². The zero-order valence-corrected chi connectivity index (χ0v) is 12.5. The number of piperidine rings is 2. The molecule has 2 heterocycles. The Hall–Kier alpha value is -1.75. The van der Waals surface area contributed by atoms with Crippen molar-refractivity contribution < 1.29 is 4.79 Å². The molecule has 1 aromatic rings. The topological polar surface area (TPSA) is 84.4 Å². The minimum Gasteiger partial charge on any atom is -0.396 e. The van der Waals surface area contributed by atoms with Gasteiger partial charge in [-0.15, -0.1) is 0 Å². The standard InChI is InChI=1S/C16H24N4O/c1-20-11-4-2-5-12(20)9-10(8-11)19-14-7-3-6-13(15(14)17)16(18)21/h3,6-7,10-12,19H,2,4-5,8-9,17H2,1H3,(H2,18,21). The minimum atomic E-state index is -0.476. The summed E-state index contributed by atoms with van der Waals surface area (Å²) in [7, 11) is 2.24. The molecule has 5 nitrogen and oxygen atoms in total. The molecule has 2 saturated heterocycles. The first-order chi connectivity index (χ1) is 10.1. The van der Waals surface area contributed by atoms with Gasteiger partial charge in [0.2, 0.25) is 0 Å². The number of fused-ring (bicyclic) bond motifs is 2. The number of benzene rings is 1. The molecule has 2 aliphatic rings. The molecule has 2 unspecified atom stereocenters. The first-order valence-corrected chi connectivity index (χ1v) is 7.73. The monoisotopic (exact) mass is 288 g/mol. The van der Waals surface area contributed by atoms with Crippen molar-refractivity contribution in [2.75, 3.05) is 18.1 Å². The van der Waals surface area contributed by atoms with E-state index >= 15 is 0 Å². The molecule has 2 bridgehead atoms. The summed E-state index contributed by atoms with van der Waals surface area (Å²) >= 11 is 0. The fraction of sp³-hybridized carbons (Fsp3) is 0.562. The van der Waals surface area contributed by atoms with Gasteiger partial charge in [0.1, 0.15) is 0 Å². The predicted molar refractivity (Wildman–Crippen MR) is 85.2 cm³/mol. The Balaban J connectivity index is 1.76. The third kappa shape index (κ3) is 2.70. The van der Waals surface area contributed by atoms with Crippen LogP contribution < -0.4 is 16.8 Å². The lowest BCUT2D eigenvalue weighted by molar-refractivity contribution is 0.0608. The number of rotatable bonds is 3. The highest BCUT2D eigenvalue weighted by molar-refractivity contribution is 6.00. The molecular weight excluding hydrogens is 264 g/mol. The van der Waals surface area contributed by atoms with E-state index in [-0.39, 0.29) is 0 Å². The van der Waals surface area contributed by atoms with Crippen molar-refractivity contribution in [3.8, 4) is 0 Å². The fourth-order valence-corrected chi connectivity index (χ4v) is 3.86. The molecule has 0 radical (unpaired) electrons. The number of amides is 1. The Bertz CT molecular complexity index is 531. The molecule has 21 heavy (non-hydrogen) atoms. The predicted octanol–water partition coefficient (Wildman–Crippen LogP) is 1.79. The highest BCUT2D eigenvalue weighted by Gasteiger charge is 2.36. The Kier molecular flexibility index (Phi) is 3.76. The van der Waals surface area contributed by atoms with E-state index in [1.54, 1.807) is 6.07 Å². The molecule has 0 aliphatic carbocycles. The van der Waals surface area contributed by atoms with Crippen molar-refractivity contribution in [3.63, 3.8) is 0 Å². The van der Waals surface area contributed by atoms with Crippen LogP contribution in [0, 0.1) is 0 Å². The lowest BCUT2D eigenvalue weighted by Gasteiger charge is -2.47. The van der Waals surface area contributed by atoms with Crippen LogP contribution in [0.2, 0.25) is 0 Å². The van der Waals surface area contributed by atoms with Crippen LogP contribution in [0.1, 0.15) is 42.5 Å². The molecule has 5 N–H and O–H groups in total. The maximum Gasteiger partial charge on any atom is 0.250 e. The van der Waals surface area contributed by atoms with Crippen LogP contribution in [0.25, 0.3) is 0 Å². The second-order valence-corrected chi connectivity index (χ2v) is 6.35. The van der Waals surface area contributed by atoms with Gasteiger partial charge in [-0.05, 0) is 44.9 Å². The van der Waals surface area contributed by atoms with Crippen molar-refractivity contribution >= 4 is 17.3 Å². The minimum absolute atomic E-state index is 0.396. The number of nitrogens with two attached hydrogens (primary N) is 2. The van der Waals surface area contributed by atoms with Crippen molar-refractivity contribution in [1.82, 2.24) is 4.90 Å². The Morgan fingerprint density at radius 2 is 1.95 bits per heavy atom. The van der Waals surface area contributed by atoms with Gasteiger partial charge in [-0.25, -0.2) is 0 Å².